The average molecular weight is 2050 g/mol. The van der Waals surface area contributed by atoms with E-state index in [1.807, 2.05) is 65.2 Å². The van der Waals surface area contributed by atoms with Crippen LogP contribution in [0.4, 0.5) is 51.7 Å². The molecule has 15 rings (SSSR count). The van der Waals surface area contributed by atoms with Crippen LogP contribution >= 0.6 is 128 Å². The van der Waals surface area contributed by atoms with Crippen molar-refractivity contribution in [1.29, 1.82) is 15.8 Å². The number of carbonyl (C=O) groups is 3. The second kappa shape index (κ2) is 40.5. The zero-order valence-electron chi connectivity index (χ0n) is 73.2. The maximum atomic E-state index is 15.5. The Kier molecular flexibility index (Phi) is 30.1. The molecule has 3 saturated heterocycles. The summed E-state index contributed by atoms with van der Waals surface area (Å²) in [5.41, 5.74) is 19.3. The summed E-state index contributed by atoms with van der Waals surface area (Å²) in [4.78, 5) is 118. The predicted octanol–water partition coefficient (Wildman–Crippen LogP) is 20.2. The lowest BCUT2D eigenvalue weighted by Crippen LogP contribution is -2.49. The molecule has 135 heavy (non-hydrogen) atoms. The van der Waals surface area contributed by atoms with E-state index in [1.165, 1.54) is 50.1 Å². The highest BCUT2D eigenvalue weighted by Gasteiger charge is 2.38. The molecule has 3 aromatic carbocycles. The highest BCUT2D eigenvalue weighted by atomic mass is 35.5. The van der Waals surface area contributed by atoms with Crippen LogP contribution < -0.4 is 48.6 Å². The van der Waals surface area contributed by atoms with Gasteiger partial charge in [-0.3, -0.25) is 57.4 Å². The second-order valence-electron chi connectivity index (χ2n) is 32.2. The van der Waals surface area contributed by atoms with Crippen molar-refractivity contribution in [2.75, 3.05) is 110 Å². The lowest BCUT2D eigenvalue weighted by molar-refractivity contribution is -0.127. The van der Waals surface area contributed by atoms with Gasteiger partial charge in [0.05, 0.1) is 131 Å². The van der Waals surface area contributed by atoms with Crippen LogP contribution in [0.2, 0.25) is 55.2 Å². The third-order valence-electron chi connectivity index (χ3n) is 23.2. The van der Waals surface area contributed by atoms with Gasteiger partial charge in [-0.2, -0.15) is 15.8 Å². The molecule has 3 amide bonds. The van der Waals surface area contributed by atoms with Crippen LogP contribution in [-0.4, -0.2) is 155 Å². The number of fused-ring (bicyclic) bond motifs is 3. The first-order chi connectivity index (χ1) is 64.0. The maximum Gasteiger partial charge on any atom is 0.276 e. The van der Waals surface area contributed by atoms with Gasteiger partial charge in [-0.25, -0.2) is 32.5 Å². The van der Waals surface area contributed by atoms with Crippen molar-refractivity contribution in [3.05, 3.63) is 253 Å². The molecule has 0 spiro atoms. The van der Waals surface area contributed by atoms with E-state index in [1.54, 1.807) is 63.3 Å². The normalized spacial score (nSPS) is 13.4. The minimum absolute atomic E-state index is 0.00442. The van der Waals surface area contributed by atoms with Gasteiger partial charge in [0, 0.05) is 124 Å². The molecule has 0 aliphatic carbocycles. The second-order valence-corrected chi connectivity index (χ2v) is 36.5. The Hall–Kier alpha value is -12.0. The van der Waals surface area contributed by atoms with E-state index < -0.39 is 81.3 Å². The first kappa shape index (κ1) is 100. The predicted molar refractivity (Wildman–Crippen MR) is 527 cm³/mol. The van der Waals surface area contributed by atoms with Gasteiger partial charge in [-0.1, -0.05) is 189 Å². The Labute approximate surface area is 824 Å². The number of benzene rings is 3. The summed E-state index contributed by atoms with van der Waals surface area (Å²) in [5.74, 6) is -5.99. The van der Waals surface area contributed by atoms with E-state index in [2.05, 4.69) is 57.9 Å². The van der Waals surface area contributed by atoms with E-state index >= 15 is 13.2 Å². The summed E-state index contributed by atoms with van der Waals surface area (Å²) in [6, 6.07) is 15.9. The molecule has 27 nitrogen and oxygen atoms in total. The fraction of sp³-hybridized carbons (Fsp3) is 0.258. The summed E-state index contributed by atoms with van der Waals surface area (Å²) in [5, 5.41) is 28.7. The van der Waals surface area contributed by atoms with Crippen molar-refractivity contribution >= 4 is 213 Å². The molecule has 3 aliphatic rings. The smallest absolute Gasteiger partial charge is 0.276 e. The van der Waals surface area contributed by atoms with E-state index in [9.17, 15) is 48.9 Å². The van der Waals surface area contributed by atoms with Crippen molar-refractivity contribution in [3.63, 3.8) is 0 Å². The van der Waals surface area contributed by atoms with Crippen LogP contribution in [-0.2, 0) is 14.4 Å². The molecule has 3 fully saturated rings. The minimum Gasteiger partial charge on any atom is -0.396 e. The van der Waals surface area contributed by atoms with Gasteiger partial charge < -0.3 is 46.6 Å². The lowest BCUT2D eigenvalue weighted by atomic mass is 10.0. The van der Waals surface area contributed by atoms with Gasteiger partial charge in [0.1, 0.15) is 66.9 Å². The first-order valence-corrected chi connectivity index (χ1v) is 45.5. The van der Waals surface area contributed by atoms with Gasteiger partial charge in [-0.05, 0) is 110 Å². The Morgan fingerprint density at radius 3 is 0.867 bits per heavy atom. The summed E-state index contributed by atoms with van der Waals surface area (Å²) in [6.45, 7) is 31.2. The summed E-state index contributed by atoms with van der Waals surface area (Å²) < 4.78 is 64.3. The number of pyridine rings is 9. The number of anilines is 6. The van der Waals surface area contributed by atoms with Gasteiger partial charge in [0.2, 0.25) is 17.7 Å². The maximum absolute atomic E-state index is 15.5. The van der Waals surface area contributed by atoms with Crippen molar-refractivity contribution in [2.24, 2.45) is 0 Å². The number of nitrogen functional groups attached to an aromatic ring is 3. The van der Waals surface area contributed by atoms with Crippen molar-refractivity contribution in [3.8, 4) is 69.0 Å². The Balaban J connectivity index is 0.000000171. The first-order valence-electron chi connectivity index (χ1n) is 41.3. The van der Waals surface area contributed by atoms with E-state index in [4.69, 9.17) is 155 Å². The number of rotatable bonds is 15. The van der Waals surface area contributed by atoms with Crippen LogP contribution in [0.5, 0.6) is 0 Å². The number of hydrogen-bond donors (Lipinski definition) is 3. The molecule has 12 aromatic rings. The molecular formula is C93H78Cl11F4N21O6. The standard InChI is InChI=1S/2C31H26Cl4FN7O2.C31H26Cl3F2N7O2/c2*1-5-19(44)41-8-10-42(11-9-41)29-16-12-18(32)27(20-21(33)24(36)23(35)25(38)22(20)34)40-30(16)43(31(45)17(29)13-37)28-15(4)6-7-39-26(28)14(2)3;1-5-19(44)41-8-10-42(11-9-41)29-16-12-18(32)27(20-21(33)25(38)22(34)24(36)23(20)35)40-30(16)43(31(45)17(29)13-37)28-15(4)6-7-39-26(28)14(2)3/h3*5-7,12,14H,1,8-11,38H2,2-4H3. The molecule has 0 unspecified atom stereocenters. The lowest BCUT2D eigenvalue weighted by Gasteiger charge is -2.36. The van der Waals surface area contributed by atoms with Crippen LogP contribution in [0.3, 0.4) is 0 Å². The van der Waals surface area contributed by atoms with Crippen LogP contribution in [0.25, 0.3) is 83.9 Å². The fourth-order valence-corrected chi connectivity index (χ4v) is 19.5. The molecule has 9 aromatic heterocycles. The quantitative estimate of drug-likeness (QED) is 0.0282. The highest BCUT2D eigenvalue weighted by Crippen LogP contribution is 2.51. The van der Waals surface area contributed by atoms with Crippen molar-refractivity contribution < 1.29 is 31.9 Å². The van der Waals surface area contributed by atoms with Crippen molar-refractivity contribution in [1.82, 2.24) is 58.3 Å². The summed E-state index contributed by atoms with van der Waals surface area (Å²) >= 11 is 70.5. The molecule has 0 saturated carbocycles. The van der Waals surface area contributed by atoms with Crippen molar-refractivity contribution in [2.45, 2.75) is 80.1 Å². The SMILES string of the molecule is C=CC(=O)N1CCN(c2c(C#N)c(=O)n(-c3c(C)ccnc3C(C)C)c3nc(-c4c(Cl)c(N)c(Cl)c(F)c4Cl)c(Cl)cc23)CC1.C=CC(=O)N1CCN(c2c(C#N)c(=O)n(-c3c(C)ccnc3C(C)C)c3nc(-c4c(Cl)c(N)c(Cl)c(F)c4Cl)c(Cl)cc23)CC1.C=CC(=O)N1CCN(c2c(C#N)c(=O)n(-c3c(C)ccnc3C(C)C)c3nc(-c4c(F)c(F)c(Cl)c(N)c4Cl)c(Cl)cc23)CC1. The molecule has 42 heteroatoms. The molecule has 6 N–H and O–H groups in total. The zero-order chi connectivity index (χ0) is 98.7. The monoisotopic (exact) mass is 2050 g/mol. The molecule has 0 radical (unpaired) electrons. The topological polar surface area (TPSA) is 363 Å². The third-order valence-corrected chi connectivity index (χ3v) is 27.0. The minimum atomic E-state index is -1.44. The average Bonchev–Trinajstić information content (AvgIpc) is 0.728. The highest BCUT2D eigenvalue weighted by molar-refractivity contribution is 6.47. The molecule has 12 heterocycles. The van der Waals surface area contributed by atoms with Gasteiger partial charge >= 0.3 is 0 Å². The summed E-state index contributed by atoms with van der Waals surface area (Å²) in [6.07, 6.45) is 8.58. The van der Waals surface area contributed by atoms with Crippen LogP contribution in [0.15, 0.2) is 107 Å². The fourth-order valence-electron chi connectivity index (χ4n) is 16.5. The third kappa shape index (κ3) is 18.0. The van der Waals surface area contributed by atoms with Crippen LogP contribution in [0.1, 0.15) is 110 Å². The Bertz CT molecular complexity index is 6640. The largest absolute Gasteiger partial charge is 0.396 e. The molecule has 696 valence electrons. The number of amides is 3. The van der Waals surface area contributed by atoms with Gasteiger partial charge in [0.25, 0.3) is 16.7 Å². The van der Waals surface area contributed by atoms with E-state index in [-0.39, 0.29) is 158 Å². The number of nitrogens with two attached hydrogens (primary N) is 3. The van der Waals surface area contributed by atoms with E-state index in [0.29, 0.717) is 138 Å². The number of nitriles is 3. The number of hydrogen-bond acceptors (Lipinski definition) is 21. The van der Waals surface area contributed by atoms with Gasteiger partial charge in [0.15, 0.2) is 23.3 Å². The Morgan fingerprint density at radius 2 is 0.622 bits per heavy atom. The Morgan fingerprint density at radius 1 is 0.378 bits per heavy atom. The van der Waals surface area contributed by atoms with Crippen LogP contribution in [0, 0.1) is 78.0 Å². The zero-order valence-corrected chi connectivity index (χ0v) is 81.5. The van der Waals surface area contributed by atoms with Gasteiger partial charge in [-0.15, -0.1) is 0 Å². The number of aryl methyl sites for hydroxylation is 3. The summed E-state index contributed by atoms with van der Waals surface area (Å²) in [7, 11) is 0. The molecular weight excluding hydrogens is 1970 g/mol. The molecule has 0 bridgehead atoms. The van der Waals surface area contributed by atoms with E-state index in [0.717, 1.165) is 0 Å². The number of carbonyl (C=O) groups excluding carboxylic acids is 3. The molecule has 3 aliphatic heterocycles. The number of nitrogens with zero attached hydrogens (tertiary/aromatic N) is 18. The number of aromatic nitrogens is 9. The number of piperazine rings is 3. The molecule has 0 atom stereocenters. The number of halogens is 15.